The molecule has 1 heterocycles. The number of ether oxygens (including phenoxy) is 1. The summed E-state index contributed by atoms with van der Waals surface area (Å²) in [7, 11) is 0. The topological polar surface area (TPSA) is 35.2 Å². The van der Waals surface area contributed by atoms with Crippen molar-refractivity contribution >= 4 is 12.4 Å². The largest absolute Gasteiger partial charge is 0.375 e. The molecule has 2 fully saturated rings. The third-order valence-corrected chi connectivity index (χ3v) is 3.00. The second kappa shape index (κ2) is 2.92. The zero-order valence-electron chi connectivity index (χ0n) is 6.88. The molecule has 2 aliphatic rings. The highest BCUT2D eigenvalue weighted by Gasteiger charge is 2.47. The maximum absolute atomic E-state index is 5.62. The van der Waals surface area contributed by atoms with Gasteiger partial charge in [-0.05, 0) is 38.1 Å². The van der Waals surface area contributed by atoms with Crippen LogP contribution in [0.2, 0.25) is 0 Å². The standard InChI is InChI=1S/C8H15NO.ClH/c1-8-2-6(4-9)7(3-8)5-10-8;/h6-7H,2-5,9H2,1H3;1H/t6-,7-,8-;/m1./s1. The van der Waals surface area contributed by atoms with Gasteiger partial charge in [0.2, 0.25) is 0 Å². The summed E-state index contributed by atoms with van der Waals surface area (Å²) in [5, 5.41) is 0. The molecule has 11 heavy (non-hydrogen) atoms. The van der Waals surface area contributed by atoms with Gasteiger partial charge in [-0.2, -0.15) is 0 Å². The average molecular weight is 178 g/mol. The third-order valence-electron chi connectivity index (χ3n) is 3.00. The van der Waals surface area contributed by atoms with Gasteiger partial charge >= 0.3 is 0 Å². The van der Waals surface area contributed by atoms with Crippen molar-refractivity contribution in [1.82, 2.24) is 0 Å². The summed E-state index contributed by atoms with van der Waals surface area (Å²) in [4.78, 5) is 0. The molecule has 0 amide bonds. The van der Waals surface area contributed by atoms with E-state index in [1.807, 2.05) is 0 Å². The van der Waals surface area contributed by atoms with Gasteiger partial charge < -0.3 is 10.5 Å². The van der Waals surface area contributed by atoms with E-state index >= 15 is 0 Å². The van der Waals surface area contributed by atoms with Crippen LogP contribution in [0.4, 0.5) is 0 Å². The van der Waals surface area contributed by atoms with Crippen molar-refractivity contribution in [3.05, 3.63) is 0 Å². The van der Waals surface area contributed by atoms with Crippen LogP contribution in [0.3, 0.4) is 0 Å². The van der Waals surface area contributed by atoms with E-state index in [-0.39, 0.29) is 18.0 Å². The average Bonchev–Trinajstić information content (AvgIpc) is 2.41. The zero-order chi connectivity index (χ0) is 7.19. The minimum Gasteiger partial charge on any atom is -0.375 e. The second-order valence-electron chi connectivity index (χ2n) is 3.93. The van der Waals surface area contributed by atoms with Gasteiger partial charge in [-0.15, -0.1) is 12.4 Å². The van der Waals surface area contributed by atoms with Gasteiger partial charge in [0.05, 0.1) is 12.2 Å². The molecule has 1 saturated carbocycles. The minimum absolute atomic E-state index is 0. The second-order valence-corrected chi connectivity index (χ2v) is 3.93. The van der Waals surface area contributed by atoms with E-state index in [4.69, 9.17) is 10.5 Å². The predicted molar refractivity (Wildman–Crippen MR) is 46.9 cm³/mol. The Balaban J connectivity index is 0.000000605. The Morgan fingerprint density at radius 3 is 2.55 bits per heavy atom. The molecule has 0 aromatic carbocycles. The molecule has 0 unspecified atom stereocenters. The van der Waals surface area contributed by atoms with Crippen LogP contribution in [0.15, 0.2) is 0 Å². The van der Waals surface area contributed by atoms with E-state index in [1.54, 1.807) is 0 Å². The fourth-order valence-electron chi connectivity index (χ4n) is 2.42. The van der Waals surface area contributed by atoms with Crippen LogP contribution in [0, 0.1) is 11.8 Å². The molecule has 3 atom stereocenters. The lowest BCUT2D eigenvalue weighted by atomic mass is 9.96. The molecule has 1 aliphatic heterocycles. The monoisotopic (exact) mass is 177 g/mol. The lowest BCUT2D eigenvalue weighted by Crippen LogP contribution is -2.29. The Kier molecular flexibility index (Phi) is 2.47. The van der Waals surface area contributed by atoms with Crippen LogP contribution < -0.4 is 5.73 Å². The minimum atomic E-state index is 0. The Bertz CT molecular complexity index is 153. The Morgan fingerprint density at radius 1 is 1.55 bits per heavy atom. The van der Waals surface area contributed by atoms with Gasteiger partial charge in [0, 0.05) is 0 Å². The molecule has 2 nitrogen and oxygen atoms in total. The molecule has 2 N–H and O–H groups in total. The smallest absolute Gasteiger partial charge is 0.0661 e. The predicted octanol–water partition coefficient (Wildman–Crippen LogP) is 1.18. The van der Waals surface area contributed by atoms with Crippen molar-refractivity contribution in [2.45, 2.75) is 25.4 Å². The van der Waals surface area contributed by atoms with Crippen LogP contribution >= 0.6 is 12.4 Å². The number of halogens is 1. The van der Waals surface area contributed by atoms with Crippen LogP contribution in [-0.2, 0) is 4.74 Å². The molecule has 2 bridgehead atoms. The number of nitrogens with two attached hydrogens (primary N) is 1. The van der Waals surface area contributed by atoms with Crippen molar-refractivity contribution < 1.29 is 4.74 Å². The molecule has 66 valence electrons. The molecule has 0 aromatic heterocycles. The van der Waals surface area contributed by atoms with Gasteiger partial charge in [0.15, 0.2) is 0 Å². The van der Waals surface area contributed by atoms with Crippen molar-refractivity contribution in [3.63, 3.8) is 0 Å². The first-order valence-corrected chi connectivity index (χ1v) is 4.07. The molecule has 0 radical (unpaired) electrons. The van der Waals surface area contributed by atoms with E-state index in [0.717, 1.165) is 25.0 Å². The number of fused-ring (bicyclic) bond motifs is 2. The highest BCUT2D eigenvalue weighted by Crippen LogP contribution is 2.47. The van der Waals surface area contributed by atoms with E-state index < -0.39 is 0 Å². The molecule has 1 aliphatic carbocycles. The molecule has 3 heteroatoms. The molecule has 0 spiro atoms. The molecule has 1 saturated heterocycles. The number of hydrogen-bond acceptors (Lipinski definition) is 2. The van der Waals surface area contributed by atoms with Crippen molar-refractivity contribution in [1.29, 1.82) is 0 Å². The van der Waals surface area contributed by atoms with Gasteiger partial charge in [-0.1, -0.05) is 0 Å². The van der Waals surface area contributed by atoms with Gasteiger partial charge in [0.25, 0.3) is 0 Å². The van der Waals surface area contributed by atoms with Crippen LogP contribution in [-0.4, -0.2) is 18.8 Å². The maximum Gasteiger partial charge on any atom is 0.0661 e. The van der Waals surface area contributed by atoms with E-state index in [2.05, 4.69) is 6.92 Å². The summed E-state index contributed by atoms with van der Waals surface area (Å²) < 4.78 is 5.62. The molecular weight excluding hydrogens is 162 g/mol. The highest BCUT2D eigenvalue weighted by atomic mass is 35.5. The van der Waals surface area contributed by atoms with E-state index in [9.17, 15) is 0 Å². The number of hydrogen-bond donors (Lipinski definition) is 1. The van der Waals surface area contributed by atoms with E-state index in [1.165, 1.54) is 12.8 Å². The Labute approximate surface area is 73.9 Å². The third kappa shape index (κ3) is 1.40. The Morgan fingerprint density at radius 2 is 2.27 bits per heavy atom. The maximum atomic E-state index is 5.62. The SMILES string of the molecule is C[C@]12C[C@H](CN)[C@@H](CO1)C2.Cl. The summed E-state index contributed by atoms with van der Waals surface area (Å²) >= 11 is 0. The summed E-state index contributed by atoms with van der Waals surface area (Å²) in [6, 6.07) is 0. The normalized spacial score (nSPS) is 47.5. The quantitative estimate of drug-likeness (QED) is 0.653. The van der Waals surface area contributed by atoms with Gasteiger partial charge in [-0.3, -0.25) is 0 Å². The van der Waals surface area contributed by atoms with Crippen LogP contribution in [0.25, 0.3) is 0 Å². The van der Waals surface area contributed by atoms with Crippen molar-refractivity contribution in [2.75, 3.05) is 13.2 Å². The summed E-state index contributed by atoms with van der Waals surface area (Å²) in [6.45, 7) is 4.02. The highest BCUT2D eigenvalue weighted by molar-refractivity contribution is 5.85. The van der Waals surface area contributed by atoms with Gasteiger partial charge in [-0.25, -0.2) is 0 Å². The lowest BCUT2D eigenvalue weighted by molar-refractivity contribution is -0.0187. The van der Waals surface area contributed by atoms with Gasteiger partial charge in [0.1, 0.15) is 0 Å². The number of rotatable bonds is 1. The summed E-state index contributed by atoms with van der Waals surface area (Å²) in [5.41, 5.74) is 5.83. The first-order chi connectivity index (χ1) is 4.73. The first-order valence-electron chi connectivity index (χ1n) is 4.07. The zero-order valence-corrected chi connectivity index (χ0v) is 7.69. The van der Waals surface area contributed by atoms with Crippen molar-refractivity contribution in [2.24, 2.45) is 17.6 Å². The lowest BCUT2D eigenvalue weighted by Gasteiger charge is -2.25. The fraction of sp³-hybridized carbons (Fsp3) is 1.00. The Hall–Kier alpha value is 0.210. The van der Waals surface area contributed by atoms with Crippen molar-refractivity contribution in [3.8, 4) is 0 Å². The summed E-state index contributed by atoms with van der Waals surface area (Å²) in [6.07, 6.45) is 2.43. The molecule has 2 rings (SSSR count). The molecular formula is C8H16ClNO. The fourth-order valence-corrected chi connectivity index (χ4v) is 2.42. The molecule has 0 aromatic rings. The summed E-state index contributed by atoms with van der Waals surface area (Å²) in [5.74, 6) is 1.52. The van der Waals surface area contributed by atoms with E-state index in [0.29, 0.717) is 0 Å². The first kappa shape index (κ1) is 9.30. The van der Waals surface area contributed by atoms with Crippen LogP contribution in [0.1, 0.15) is 19.8 Å². The van der Waals surface area contributed by atoms with Crippen LogP contribution in [0.5, 0.6) is 0 Å².